The summed E-state index contributed by atoms with van der Waals surface area (Å²) in [6.45, 7) is 4.94. The van der Waals surface area contributed by atoms with E-state index in [0.717, 1.165) is 34.4 Å². The van der Waals surface area contributed by atoms with Crippen molar-refractivity contribution in [3.63, 3.8) is 0 Å². The SMILES string of the molecule is CC1(C)[C@H](NC(=O)/C(=N\O[C@](C)(C(=O)O)[C@H]2CCc3cc(-c4cnc(NCCCN)nc4)ccc3O2)c2csc(N)n2)C(=O)N1OS(=O)(=O)O.O=CO.[HH]. The normalized spacial score (nSPS) is 18.8. The van der Waals surface area contributed by atoms with Gasteiger partial charge in [-0.3, -0.25) is 18.9 Å². The third kappa shape index (κ3) is 9.31. The Morgan fingerprint density at radius 2 is 1.96 bits per heavy atom. The molecule has 2 aliphatic rings. The number of nitrogens with zero attached hydrogens (tertiary/aromatic N) is 5. The summed E-state index contributed by atoms with van der Waals surface area (Å²) in [6.07, 6.45) is 3.72. The molecule has 2 aromatic heterocycles. The maximum Gasteiger partial charge on any atom is 0.418 e. The van der Waals surface area contributed by atoms with Crippen LogP contribution in [0.3, 0.4) is 0 Å². The van der Waals surface area contributed by atoms with Crippen LogP contribution in [0, 0.1) is 0 Å². The number of nitrogen functional groups attached to an aromatic ring is 1. The van der Waals surface area contributed by atoms with Crippen molar-refractivity contribution in [1.29, 1.82) is 0 Å². The molecule has 0 bridgehead atoms. The zero-order valence-electron chi connectivity index (χ0n) is 28.5. The van der Waals surface area contributed by atoms with Crippen molar-refractivity contribution < 1.29 is 57.6 Å². The van der Waals surface area contributed by atoms with E-state index < -0.39 is 57.2 Å². The first-order valence-corrected chi connectivity index (χ1v) is 17.9. The van der Waals surface area contributed by atoms with Crippen molar-refractivity contribution in [2.75, 3.05) is 24.1 Å². The molecule has 0 radical (unpaired) electrons. The Hall–Kier alpha value is -5.49. The van der Waals surface area contributed by atoms with Crippen LogP contribution in [0.5, 0.6) is 5.75 Å². The van der Waals surface area contributed by atoms with Crippen molar-refractivity contribution in [3.8, 4) is 16.9 Å². The molecular formula is C30H39N9O12S2. The monoisotopic (exact) mass is 781 g/mol. The van der Waals surface area contributed by atoms with Crippen LogP contribution in [0.25, 0.3) is 11.1 Å². The van der Waals surface area contributed by atoms with Crippen LogP contribution < -0.4 is 26.8 Å². The van der Waals surface area contributed by atoms with Gasteiger partial charge in [0, 0.05) is 31.3 Å². The number of rotatable bonds is 14. The summed E-state index contributed by atoms with van der Waals surface area (Å²) in [5.74, 6) is -2.54. The predicted molar refractivity (Wildman–Crippen MR) is 189 cm³/mol. The Kier molecular flexibility index (Phi) is 12.5. The summed E-state index contributed by atoms with van der Waals surface area (Å²) in [5.41, 5.74) is 9.54. The number of carboxylic acid groups (broad SMARTS) is 2. The highest BCUT2D eigenvalue weighted by Gasteiger charge is 2.58. The van der Waals surface area contributed by atoms with Crippen molar-refractivity contribution in [2.24, 2.45) is 10.9 Å². The molecule has 288 valence electrons. The number of benzene rings is 1. The van der Waals surface area contributed by atoms with E-state index in [2.05, 4.69) is 35.0 Å². The summed E-state index contributed by atoms with van der Waals surface area (Å²) < 4.78 is 41.8. The van der Waals surface area contributed by atoms with Gasteiger partial charge < -0.3 is 41.9 Å². The molecule has 23 heteroatoms. The van der Waals surface area contributed by atoms with Crippen molar-refractivity contribution in [3.05, 3.63) is 47.2 Å². The maximum absolute atomic E-state index is 13.5. The molecular weight excluding hydrogens is 743 g/mol. The fourth-order valence-electron chi connectivity index (χ4n) is 5.22. The molecule has 1 fully saturated rings. The number of oxime groups is 1. The van der Waals surface area contributed by atoms with E-state index in [0.29, 0.717) is 36.3 Å². The van der Waals surface area contributed by atoms with Gasteiger partial charge in [-0.1, -0.05) is 11.2 Å². The Labute approximate surface area is 307 Å². The number of nitrogens with two attached hydrogens (primary N) is 2. The molecule has 2 aliphatic heterocycles. The fraction of sp³-hybridized carbons (Fsp3) is 0.400. The number of hydrogen-bond donors (Lipinski definition) is 7. The zero-order chi connectivity index (χ0) is 39.1. The maximum atomic E-state index is 13.5. The topological polar surface area (TPSA) is 321 Å². The minimum Gasteiger partial charge on any atom is -0.485 e. The van der Waals surface area contributed by atoms with Crippen molar-refractivity contribution in [2.45, 2.75) is 63.3 Å². The Balaban J connectivity index is 0.00000190. The third-order valence-corrected chi connectivity index (χ3v) is 9.13. The van der Waals surface area contributed by atoms with E-state index in [-0.39, 0.29) is 25.1 Å². The minimum atomic E-state index is -5.03. The quantitative estimate of drug-likeness (QED) is 0.0295. The van der Waals surface area contributed by atoms with Crippen molar-refractivity contribution in [1.82, 2.24) is 25.3 Å². The van der Waals surface area contributed by atoms with E-state index in [4.69, 9.17) is 35.5 Å². The molecule has 21 nitrogen and oxygen atoms in total. The number of hydroxylamine groups is 2. The van der Waals surface area contributed by atoms with Gasteiger partial charge in [-0.05, 0) is 69.8 Å². The summed E-state index contributed by atoms with van der Waals surface area (Å²) in [7, 11) is -5.03. The number of thiazole rings is 1. The van der Waals surface area contributed by atoms with Crippen LogP contribution in [0.1, 0.15) is 46.3 Å². The molecule has 3 aromatic rings. The minimum absolute atomic E-state index is 0. The Bertz CT molecular complexity index is 1980. The number of nitrogens with one attached hydrogen (secondary N) is 2. The number of fused-ring (bicyclic) bond motifs is 1. The second kappa shape index (κ2) is 16.5. The number of carbonyl (C=O) groups is 4. The summed E-state index contributed by atoms with van der Waals surface area (Å²) in [5, 5.41) is 28.4. The first-order chi connectivity index (χ1) is 24.9. The molecule has 2 amide bonds. The number of aromatic nitrogens is 3. The molecule has 53 heavy (non-hydrogen) atoms. The van der Waals surface area contributed by atoms with E-state index in [9.17, 15) is 27.9 Å². The van der Waals surface area contributed by atoms with Crippen LogP contribution in [-0.4, -0.2) is 110 Å². The first kappa shape index (κ1) is 40.3. The summed E-state index contributed by atoms with van der Waals surface area (Å²) in [4.78, 5) is 65.4. The predicted octanol–water partition coefficient (Wildman–Crippen LogP) is 0.688. The number of carbonyl (C=O) groups excluding carboxylic acids is 2. The number of aryl methyl sites for hydroxylation is 1. The number of ether oxygens (including phenoxy) is 1. The lowest BCUT2D eigenvalue weighted by Crippen LogP contribution is -2.76. The van der Waals surface area contributed by atoms with E-state index in [1.165, 1.54) is 26.2 Å². The Morgan fingerprint density at radius 3 is 2.53 bits per heavy atom. The van der Waals surface area contributed by atoms with Crippen LogP contribution >= 0.6 is 11.3 Å². The van der Waals surface area contributed by atoms with Gasteiger partial charge in [-0.25, -0.2) is 19.7 Å². The van der Waals surface area contributed by atoms with E-state index in [1.54, 1.807) is 24.5 Å². The standard InChI is InChI=1S/C29H35N9O10S2.CH2O2.H2/c1-28(2)22(24(40)38(28)48-50(43,44)45)36-23(39)21(18-14-49-26(31)35-18)37-47-29(3,25(41)42)20-8-6-16-11-15(5-7-19(16)46-20)17-12-33-27(34-13-17)32-10-4-9-30;2-1-3;/h5,7,11-14,20,22H,4,6,8-10,30H2,1-3H3,(H2,31,35)(H,36,39)(H,41,42)(H,32,33,34)(H,43,44,45);1H,(H,2,3);1H/b37-21-;;/t20-,22-,29+;;/m1../s1. The zero-order valence-corrected chi connectivity index (χ0v) is 30.1. The molecule has 5 rings (SSSR count). The smallest absolute Gasteiger partial charge is 0.418 e. The van der Waals surface area contributed by atoms with Gasteiger partial charge in [0.05, 0.1) is 5.54 Å². The first-order valence-electron chi connectivity index (χ1n) is 15.6. The highest BCUT2D eigenvalue weighted by atomic mass is 32.3. The number of hydrogen-bond acceptors (Lipinski definition) is 17. The summed E-state index contributed by atoms with van der Waals surface area (Å²) >= 11 is 0.964. The van der Waals surface area contributed by atoms with Gasteiger partial charge in [-0.15, -0.1) is 15.6 Å². The molecule has 0 aliphatic carbocycles. The lowest BCUT2D eigenvalue weighted by molar-refractivity contribution is -0.218. The molecule has 1 saturated heterocycles. The van der Waals surface area contributed by atoms with Gasteiger partial charge in [-0.2, -0.15) is 13.5 Å². The summed E-state index contributed by atoms with van der Waals surface area (Å²) in [6, 6.07) is 4.07. The van der Waals surface area contributed by atoms with Gasteiger partial charge in [0.25, 0.3) is 23.9 Å². The van der Waals surface area contributed by atoms with Gasteiger partial charge in [0.15, 0.2) is 16.9 Å². The second-order valence-electron chi connectivity index (χ2n) is 12.1. The number of carboxylic acids is 1. The van der Waals surface area contributed by atoms with E-state index in [1.807, 2.05) is 6.07 Å². The number of β-lactam (4-membered cyclic amide) rings is 1. The van der Waals surface area contributed by atoms with Gasteiger partial charge in [0.1, 0.15) is 17.5 Å². The molecule has 1 aromatic carbocycles. The van der Waals surface area contributed by atoms with Crippen molar-refractivity contribution >= 4 is 62.8 Å². The lowest BCUT2D eigenvalue weighted by Gasteiger charge is -2.50. The van der Waals surface area contributed by atoms with Gasteiger partial charge >= 0.3 is 16.4 Å². The molecule has 0 unspecified atom stereocenters. The van der Waals surface area contributed by atoms with Crippen LogP contribution in [-0.2, 0) is 45.1 Å². The molecule has 3 atom stereocenters. The van der Waals surface area contributed by atoms with Gasteiger partial charge in [0.2, 0.25) is 5.95 Å². The molecule has 0 saturated carbocycles. The highest BCUT2D eigenvalue weighted by Crippen LogP contribution is 2.37. The number of anilines is 2. The molecule has 0 spiro atoms. The van der Waals surface area contributed by atoms with Crippen LogP contribution in [0.4, 0.5) is 11.1 Å². The third-order valence-electron chi connectivity index (χ3n) is 8.12. The van der Waals surface area contributed by atoms with Crippen LogP contribution in [0.2, 0.25) is 0 Å². The van der Waals surface area contributed by atoms with Crippen LogP contribution in [0.15, 0.2) is 41.1 Å². The number of aliphatic carboxylic acids is 1. The average molecular weight is 782 g/mol. The lowest BCUT2D eigenvalue weighted by atomic mass is 9.84. The largest absolute Gasteiger partial charge is 0.485 e. The Morgan fingerprint density at radius 1 is 1.28 bits per heavy atom. The number of amides is 2. The highest BCUT2D eigenvalue weighted by molar-refractivity contribution is 7.80. The average Bonchev–Trinajstić information content (AvgIpc) is 3.54. The van der Waals surface area contributed by atoms with E-state index >= 15 is 0 Å². The molecule has 9 N–H and O–H groups in total. The fourth-order valence-corrected chi connectivity index (χ4v) is 6.22. The second-order valence-corrected chi connectivity index (χ2v) is 14.0. The molecule has 4 heterocycles.